The molecule has 0 radical (unpaired) electrons. The third-order valence-corrected chi connectivity index (χ3v) is 2.52. The van der Waals surface area contributed by atoms with Gasteiger partial charge in [-0.1, -0.05) is 6.92 Å². The number of rotatable bonds is 5. The van der Waals surface area contributed by atoms with Gasteiger partial charge in [-0.15, -0.1) is 11.8 Å². The van der Waals surface area contributed by atoms with Crippen LogP contribution in [0.25, 0.3) is 0 Å². The number of aryl methyl sites for hydroxylation is 2. The lowest BCUT2D eigenvalue weighted by atomic mass is 10.1. The number of nitrogens with one attached hydrogen (secondary N) is 1. The molecule has 0 aromatic carbocycles. The van der Waals surface area contributed by atoms with E-state index in [0.29, 0.717) is 6.04 Å². The second-order valence-corrected chi connectivity index (χ2v) is 3.97. The molecule has 1 aromatic rings. The van der Waals surface area contributed by atoms with E-state index in [2.05, 4.69) is 35.2 Å². The summed E-state index contributed by atoms with van der Waals surface area (Å²) in [6.45, 7) is 7.08. The Hall–Kier alpha value is -1.27. The summed E-state index contributed by atoms with van der Waals surface area (Å²) in [5, 5.41) is 7.89. The molecule has 0 aliphatic carbocycles. The Labute approximate surface area is 98.2 Å². The summed E-state index contributed by atoms with van der Waals surface area (Å²) in [5.74, 6) is 6.09. The fourth-order valence-corrected chi connectivity index (χ4v) is 1.76. The molecule has 0 amide bonds. The summed E-state index contributed by atoms with van der Waals surface area (Å²) >= 11 is 0. The number of aromatic nitrogens is 2. The van der Waals surface area contributed by atoms with Crippen molar-refractivity contribution in [3.8, 4) is 11.8 Å². The first-order valence-electron chi connectivity index (χ1n) is 5.82. The smallest absolute Gasteiger partial charge is 0.0602 e. The van der Waals surface area contributed by atoms with Gasteiger partial charge in [-0.2, -0.15) is 5.10 Å². The zero-order chi connectivity index (χ0) is 12.0. The van der Waals surface area contributed by atoms with Crippen LogP contribution in [0, 0.1) is 18.8 Å². The average molecular weight is 219 g/mol. The monoisotopic (exact) mass is 219 g/mol. The van der Waals surface area contributed by atoms with E-state index in [-0.39, 0.29) is 0 Å². The number of hydrogen-bond donors (Lipinski definition) is 1. The molecule has 0 saturated heterocycles. The van der Waals surface area contributed by atoms with E-state index >= 15 is 0 Å². The van der Waals surface area contributed by atoms with E-state index in [9.17, 15) is 0 Å². The van der Waals surface area contributed by atoms with E-state index in [0.717, 1.165) is 25.1 Å². The Balaban J connectivity index is 2.80. The standard InChI is InChI=1S/C13H21N3/c1-5-7-8-12(14-9-6-2)13-10-11(3)15-16(13)4/h10,12,14H,6,8-9H2,1-4H3. The minimum absolute atomic E-state index is 0.290. The van der Waals surface area contributed by atoms with Crippen molar-refractivity contribution in [1.82, 2.24) is 15.1 Å². The average Bonchev–Trinajstić information content (AvgIpc) is 2.58. The van der Waals surface area contributed by atoms with Crippen LogP contribution in [-0.4, -0.2) is 16.3 Å². The maximum atomic E-state index is 4.38. The van der Waals surface area contributed by atoms with Gasteiger partial charge in [0.05, 0.1) is 17.4 Å². The molecule has 88 valence electrons. The number of hydrogen-bond acceptors (Lipinski definition) is 2. The molecule has 3 heteroatoms. The molecule has 0 aliphatic rings. The van der Waals surface area contributed by atoms with E-state index in [1.165, 1.54) is 5.69 Å². The van der Waals surface area contributed by atoms with Crippen molar-refractivity contribution < 1.29 is 0 Å². The second-order valence-electron chi connectivity index (χ2n) is 3.97. The maximum absolute atomic E-state index is 4.38. The normalized spacial score (nSPS) is 12.0. The van der Waals surface area contributed by atoms with Crippen molar-refractivity contribution in [1.29, 1.82) is 0 Å². The van der Waals surface area contributed by atoms with Crippen molar-refractivity contribution >= 4 is 0 Å². The van der Waals surface area contributed by atoms with Gasteiger partial charge in [-0.25, -0.2) is 0 Å². The first-order valence-corrected chi connectivity index (χ1v) is 5.82. The summed E-state index contributed by atoms with van der Waals surface area (Å²) in [7, 11) is 1.99. The molecule has 16 heavy (non-hydrogen) atoms. The first-order chi connectivity index (χ1) is 7.69. The van der Waals surface area contributed by atoms with Crippen LogP contribution in [0.3, 0.4) is 0 Å². The highest BCUT2D eigenvalue weighted by Gasteiger charge is 2.13. The number of nitrogens with zero attached hydrogens (tertiary/aromatic N) is 2. The fourth-order valence-electron chi connectivity index (χ4n) is 1.76. The molecule has 1 rings (SSSR count). The molecule has 1 unspecified atom stereocenters. The van der Waals surface area contributed by atoms with Crippen LogP contribution in [0.5, 0.6) is 0 Å². The summed E-state index contributed by atoms with van der Waals surface area (Å²) in [6, 6.07) is 2.42. The van der Waals surface area contributed by atoms with Gasteiger partial charge < -0.3 is 5.32 Å². The molecule has 3 nitrogen and oxygen atoms in total. The van der Waals surface area contributed by atoms with Crippen molar-refractivity contribution in [3.05, 3.63) is 17.5 Å². The van der Waals surface area contributed by atoms with E-state index < -0.39 is 0 Å². The van der Waals surface area contributed by atoms with Crippen molar-refractivity contribution in [3.63, 3.8) is 0 Å². The molecule has 0 bridgehead atoms. The molecule has 1 N–H and O–H groups in total. The third-order valence-electron chi connectivity index (χ3n) is 2.52. The van der Waals surface area contributed by atoms with E-state index in [1.54, 1.807) is 0 Å². The predicted molar refractivity (Wildman–Crippen MR) is 67.0 cm³/mol. The quantitative estimate of drug-likeness (QED) is 0.769. The van der Waals surface area contributed by atoms with Gasteiger partial charge in [0.25, 0.3) is 0 Å². The lowest BCUT2D eigenvalue weighted by Crippen LogP contribution is -2.23. The topological polar surface area (TPSA) is 29.9 Å². The predicted octanol–water partition coefficient (Wildman–Crippen LogP) is 2.18. The first kappa shape index (κ1) is 12.8. The van der Waals surface area contributed by atoms with E-state index in [1.807, 2.05) is 25.6 Å². The summed E-state index contributed by atoms with van der Waals surface area (Å²) in [4.78, 5) is 0. The lowest BCUT2D eigenvalue weighted by Gasteiger charge is -2.16. The third kappa shape index (κ3) is 3.39. The molecule has 0 aliphatic heterocycles. The van der Waals surface area contributed by atoms with Crippen molar-refractivity contribution in [2.24, 2.45) is 7.05 Å². The Morgan fingerprint density at radius 2 is 2.31 bits per heavy atom. The Morgan fingerprint density at radius 1 is 1.56 bits per heavy atom. The molecule has 0 saturated carbocycles. The van der Waals surface area contributed by atoms with Gasteiger partial charge >= 0.3 is 0 Å². The summed E-state index contributed by atoms with van der Waals surface area (Å²) < 4.78 is 1.94. The largest absolute Gasteiger partial charge is 0.308 e. The minimum atomic E-state index is 0.290. The minimum Gasteiger partial charge on any atom is -0.308 e. The Kier molecular flexibility index (Phi) is 5.07. The van der Waals surface area contributed by atoms with Gasteiger partial charge in [0, 0.05) is 13.5 Å². The van der Waals surface area contributed by atoms with Gasteiger partial charge in [0.1, 0.15) is 0 Å². The molecule has 0 fully saturated rings. The fraction of sp³-hybridized carbons (Fsp3) is 0.615. The lowest BCUT2D eigenvalue weighted by molar-refractivity contribution is 0.504. The van der Waals surface area contributed by atoms with Crippen LogP contribution < -0.4 is 5.32 Å². The molecule has 1 aromatic heterocycles. The van der Waals surface area contributed by atoms with Gasteiger partial charge in [-0.05, 0) is 32.9 Å². The van der Waals surface area contributed by atoms with Crippen molar-refractivity contribution in [2.45, 2.75) is 39.7 Å². The Bertz CT molecular complexity index is 382. The summed E-state index contributed by atoms with van der Waals surface area (Å²) in [5.41, 5.74) is 2.28. The molecule has 0 spiro atoms. The van der Waals surface area contributed by atoms with Gasteiger partial charge in [0.2, 0.25) is 0 Å². The summed E-state index contributed by atoms with van der Waals surface area (Å²) in [6.07, 6.45) is 1.97. The highest BCUT2D eigenvalue weighted by Crippen LogP contribution is 2.16. The Morgan fingerprint density at radius 3 is 2.81 bits per heavy atom. The van der Waals surface area contributed by atoms with Crippen LogP contribution in [-0.2, 0) is 7.05 Å². The zero-order valence-corrected chi connectivity index (χ0v) is 10.7. The highest BCUT2D eigenvalue weighted by molar-refractivity contribution is 5.15. The van der Waals surface area contributed by atoms with Gasteiger partial charge in [-0.3, -0.25) is 4.68 Å². The van der Waals surface area contributed by atoms with Crippen LogP contribution in [0.4, 0.5) is 0 Å². The molecule has 1 atom stereocenters. The molecular weight excluding hydrogens is 198 g/mol. The molecule has 1 heterocycles. The van der Waals surface area contributed by atoms with Crippen LogP contribution >= 0.6 is 0 Å². The second kappa shape index (κ2) is 6.34. The van der Waals surface area contributed by atoms with E-state index in [4.69, 9.17) is 0 Å². The molecular formula is C13H21N3. The SMILES string of the molecule is CC#CCC(NCCC)c1cc(C)nn1C. The van der Waals surface area contributed by atoms with Crippen LogP contribution in [0.15, 0.2) is 6.07 Å². The van der Waals surface area contributed by atoms with Crippen molar-refractivity contribution in [2.75, 3.05) is 6.54 Å². The van der Waals surface area contributed by atoms with Gasteiger partial charge in [0.15, 0.2) is 0 Å². The van der Waals surface area contributed by atoms with Crippen LogP contribution in [0.2, 0.25) is 0 Å². The zero-order valence-electron chi connectivity index (χ0n) is 10.7. The van der Waals surface area contributed by atoms with Crippen LogP contribution in [0.1, 0.15) is 44.1 Å². The maximum Gasteiger partial charge on any atom is 0.0602 e. The highest BCUT2D eigenvalue weighted by atomic mass is 15.3.